The zero-order valence-electron chi connectivity index (χ0n) is 11.8. The zero-order valence-corrected chi connectivity index (χ0v) is 13.3. The molecule has 2 aromatic rings. The van der Waals surface area contributed by atoms with Crippen LogP contribution >= 0.6 is 23.2 Å². The first kappa shape index (κ1) is 16.4. The Morgan fingerprint density at radius 2 is 2.09 bits per heavy atom. The van der Waals surface area contributed by atoms with Crippen LogP contribution in [0.25, 0.3) is 0 Å². The predicted octanol–water partition coefficient (Wildman–Crippen LogP) is 3.19. The highest BCUT2D eigenvalue weighted by Gasteiger charge is 2.10. The maximum absolute atomic E-state index is 12.1. The standard InChI is InChI=1S/C15H14Cl2N2O3/c1-2-22-13-4-3-7-19(15(13)21)9-14(20)18-12-6-5-10(16)8-11(12)17/h3-8H,2,9H2,1H3,(H,18,20). The summed E-state index contributed by atoms with van der Waals surface area (Å²) < 4.78 is 6.48. The first-order chi connectivity index (χ1) is 10.5. The van der Waals surface area contributed by atoms with Crippen LogP contribution in [0.4, 0.5) is 5.69 Å². The number of hydrogen-bond acceptors (Lipinski definition) is 3. The van der Waals surface area contributed by atoms with Gasteiger partial charge in [-0.3, -0.25) is 9.59 Å². The number of ether oxygens (including phenoxy) is 1. The minimum absolute atomic E-state index is 0.140. The molecule has 1 amide bonds. The fourth-order valence-corrected chi connectivity index (χ4v) is 2.30. The number of carbonyl (C=O) groups is 1. The Morgan fingerprint density at radius 3 is 2.77 bits per heavy atom. The van der Waals surface area contributed by atoms with E-state index in [1.807, 2.05) is 0 Å². The minimum atomic E-state index is -0.375. The Bertz CT molecular complexity index is 744. The van der Waals surface area contributed by atoms with Gasteiger partial charge in [0.1, 0.15) is 6.54 Å². The topological polar surface area (TPSA) is 60.3 Å². The van der Waals surface area contributed by atoms with E-state index in [1.165, 1.54) is 16.8 Å². The maximum Gasteiger partial charge on any atom is 0.293 e. The number of amides is 1. The van der Waals surface area contributed by atoms with Gasteiger partial charge in [-0.2, -0.15) is 0 Å². The number of benzene rings is 1. The monoisotopic (exact) mass is 340 g/mol. The lowest BCUT2D eigenvalue weighted by Gasteiger charge is -2.10. The van der Waals surface area contributed by atoms with E-state index < -0.39 is 0 Å². The molecule has 116 valence electrons. The summed E-state index contributed by atoms with van der Waals surface area (Å²) in [6.45, 7) is 2.02. The quantitative estimate of drug-likeness (QED) is 0.909. The number of rotatable bonds is 5. The van der Waals surface area contributed by atoms with Crippen molar-refractivity contribution in [2.45, 2.75) is 13.5 Å². The van der Waals surface area contributed by atoms with E-state index in [0.717, 1.165) is 0 Å². The summed E-state index contributed by atoms with van der Waals surface area (Å²) in [7, 11) is 0. The van der Waals surface area contributed by atoms with Gasteiger partial charge in [-0.25, -0.2) is 0 Å². The average Bonchev–Trinajstić information content (AvgIpc) is 2.46. The van der Waals surface area contributed by atoms with Gasteiger partial charge < -0.3 is 14.6 Å². The molecular weight excluding hydrogens is 327 g/mol. The highest BCUT2D eigenvalue weighted by molar-refractivity contribution is 6.36. The third-order valence-corrected chi connectivity index (χ3v) is 3.35. The van der Waals surface area contributed by atoms with Crippen molar-refractivity contribution < 1.29 is 9.53 Å². The summed E-state index contributed by atoms with van der Waals surface area (Å²) in [4.78, 5) is 24.1. The van der Waals surface area contributed by atoms with Gasteiger partial charge in [-0.15, -0.1) is 0 Å². The van der Waals surface area contributed by atoms with Crippen molar-refractivity contribution in [3.8, 4) is 5.75 Å². The lowest BCUT2D eigenvalue weighted by atomic mass is 10.3. The minimum Gasteiger partial charge on any atom is -0.488 e. The van der Waals surface area contributed by atoms with Crippen molar-refractivity contribution in [3.63, 3.8) is 0 Å². The zero-order chi connectivity index (χ0) is 16.1. The molecule has 0 saturated carbocycles. The number of nitrogens with one attached hydrogen (secondary N) is 1. The van der Waals surface area contributed by atoms with Crippen molar-refractivity contribution in [1.82, 2.24) is 4.57 Å². The van der Waals surface area contributed by atoms with Gasteiger partial charge in [0.2, 0.25) is 5.91 Å². The molecule has 22 heavy (non-hydrogen) atoms. The van der Waals surface area contributed by atoms with Crippen LogP contribution in [0, 0.1) is 0 Å². The summed E-state index contributed by atoms with van der Waals surface area (Å²) in [5, 5.41) is 3.44. The summed E-state index contributed by atoms with van der Waals surface area (Å²) in [5.41, 5.74) is 0.0757. The average molecular weight is 341 g/mol. The summed E-state index contributed by atoms with van der Waals surface area (Å²) in [5.74, 6) is -0.165. The second-order valence-electron chi connectivity index (χ2n) is 4.41. The smallest absolute Gasteiger partial charge is 0.293 e. The molecule has 0 saturated heterocycles. The van der Waals surface area contributed by atoms with Gasteiger partial charge in [0.25, 0.3) is 5.56 Å². The third kappa shape index (κ3) is 4.02. The Kier molecular flexibility index (Phi) is 5.46. The number of halogens is 2. The SMILES string of the molecule is CCOc1cccn(CC(=O)Nc2ccc(Cl)cc2Cl)c1=O. The van der Waals surface area contributed by atoms with Crippen molar-refractivity contribution >= 4 is 34.8 Å². The molecule has 0 aliphatic carbocycles. The van der Waals surface area contributed by atoms with E-state index in [2.05, 4.69) is 5.32 Å². The molecule has 2 rings (SSSR count). The second-order valence-corrected chi connectivity index (χ2v) is 5.25. The van der Waals surface area contributed by atoms with E-state index in [1.54, 1.807) is 31.2 Å². The molecule has 1 aromatic heterocycles. The van der Waals surface area contributed by atoms with Crippen LogP contribution in [0.2, 0.25) is 10.0 Å². The molecule has 0 atom stereocenters. The molecule has 1 heterocycles. The molecule has 1 aromatic carbocycles. The van der Waals surface area contributed by atoms with Crippen molar-refractivity contribution in [3.05, 3.63) is 56.9 Å². The van der Waals surface area contributed by atoms with Crippen LogP contribution < -0.4 is 15.6 Å². The number of carbonyl (C=O) groups excluding carboxylic acids is 1. The van der Waals surface area contributed by atoms with E-state index in [0.29, 0.717) is 22.3 Å². The normalized spacial score (nSPS) is 10.3. The van der Waals surface area contributed by atoms with E-state index in [4.69, 9.17) is 27.9 Å². The van der Waals surface area contributed by atoms with Crippen LogP contribution in [0.3, 0.4) is 0 Å². The molecule has 0 aliphatic heterocycles. The number of hydrogen-bond donors (Lipinski definition) is 1. The van der Waals surface area contributed by atoms with Gasteiger partial charge >= 0.3 is 0 Å². The van der Waals surface area contributed by atoms with Crippen molar-refractivity contribution in [2.75, 3.05) is 11.9 Å². The molecule has 7 heteroatoms. The number of pyridine rings is 1. The Labute approximate surface area is 137 Å². The van der Waals surface area contributed by atoms with Crippen molar-refractivity contribution in [2.24, 2.45) is 0 Å². The molecular formula is C15H14Cl2N2O3. The largest absolute Gasteiger partial charge is 0.488 e. The molecule has 0 fully saturated rings. The Balaban J connectivity index is 2.12. The number of nitrogens with zero attached hydrogens (tertiary/aromatic N) is 1. The molecule has 0 unspecified atom stereocenters. The van der Waals surface area contributed by atoms with E-state index in [9.17, 15) is 9.59 Å². The van der Waals surface area contributed by atoms with Crippen LogP contribution in [0.15, 0.2) is 41.3 Å². The maximum atomic E-state index is 12.1. The molecule has 1 N–H and O–H groups in total. The first-order valence-corrected chi connectivity index (χ1v) is 7.34. The van der Waals surface area contributed by atoms with E-state index in [-0.39, 0.29) is 23.8 Å². The molecule has 0 radical (unpaired) electrons. The van der Waals surface area contributed by atoms with E-state index >= 15 is 0 Å². The van der Waals surface area contributed by atoms with Gasteiger partial charge in [0.05, 0.1) is 17.3 Å². The fraction of sp³-hybridized carbons (Fsp3) is 0.200. The summed E-state index contributed by atoms with van der Waals surface area (Å²) >= 11 is 11.8. The lowest BCUT2D eigenvalue weighted by Crippen LogP contribution is -2.28. The molecule has 0 bridgehead atoms. The number of aromatic nitrogens is 1. The lowest BCUT2D eigenvalue weighted by molar-refractivity contribution is -0.116. The first-order valence-electron chi connectivity index (χ1n) is 6.58. The third-order valence-electron chi connectivity index (χ3n) is 2.80. The second kappa shape index (κ2) is 7.33. The van der Waals surface area contributed by atoms with Gasteiger partial charge in [0, 0.05) is 11.2 Å². The van der Waals surface area contributed by atoms with Crippen LogP contribution in [-0.2, 0) is 11.3 Å². The molecule has 0 aliphatic rings. The molecule has 0 spiro atoms. The summed E-state index contributed by atoms with van der Waals surface area (Å²) in [6.07, 6.45) is 1.52. The fourth-order valence-electron chi connectivity index (χ4n) is 1.84. The van der Waals surface area contributed by atoms with Crippen molar-refractivity contribution in [1.29, 1.82) is 0 Å². The van der Waals surface area contributed by atoms with Crippen LogP contribution in [0.1, 0.15) is 6.92 Å². The van der Waals surface area contributed by atoms with Gasteiger partial charge in [0.15, 0.2) is 5.75 Å². The van der Waals surface area contributed by atoms with Crippen LogP contribution in [0.5, 0.6) is 5.75 Å². The highest BCUT2D eigenvalue weighted by atomic mass is 35.5. The summed E-state index contributed by atoms with van der Waals surface area (Å²) in [6, 6.07) is 7.96. The Morgan fingerprint density at radius 1 is 1.32 bits per heavy atom. The highest BCUT2D eigenvalue weighted by Crippen LogP contribution is 2.25. The molecule has 5 nitrogen and oxygen atoms in total. The van der Waals surface area contributed by atoms with Gasteiger partial charge in [-0.05, 0) is 37.3 Å². The predicted molar refractivity (Wildman–Crippen MR) is 87.0 cm³/mol. The van der Waals surface area contributed by atoms with Crippen LogP contribution in [-0.4, -0.2) is 17.1 Å². The van der Waals surface area contributed by atoms with Gasteiger partial charge in [-0.1, -0.05) is 23.2 Å². The number of anilines is 1. The Hall–Kier alpha value is -1.98.